The minimum Gasteiger partial charge on any atom is -0.357 e. The van der Waals surface area contributed by atoms with Gasteiger partial charge in [0.2, 0.25) is 0 Å². The van der Waals surface area contributed by atoms with Gasteiger partial charge in [0, 0.05) is 37.2 Å². The summed E-state index contributed by atoms with van der Waals surface area (Å²) in [6.07, 6.45) is 3.33. The van der Waals surface area contributed by atoms with Crippen molar-refractivity contribution in [3.05, 3.63) is 0 Å². The molecule has 1 N–H and O–H groups in total. The van der Waals surface area contributed by atoms with Crippen LogP contribution in [0.25, 0.3) is 0 Å². The molecule has 3 nitrogen and oxygen atoms in total. The lowest BCUT2D eigenvalue weighted by Gasteiger charge is -2.36. The summed E-state index contributed by atoms with van der Waals surface area (Å²) in [4.78, 5) is 7.23. The molecule has 5 heteroatoms. The van der Waals surface area contributed by atoms with Crippen molar-refractivity contribution in [2.45, 2.75) is 32.4 Å². The van der Waals surface area contributed by atoms with Crippen LogP contribution < -0.4 is 5.32 Å². The maximum Gasteiger partial charge on any atom is 0.193 e. The second kappa shape index (κ2) is 9.81. The quantitative estimate of drug-likeness (QED) is 0.464. The van der Waals surface area contributed by atoms with Crippen LogP contribution in [-0.2, 0) is 0 Å². The summed E-state index contributed by atoms with van der Waals surface area (Å²) in [5.74, 6) is 4.28. The average molecular weight is 304 g/mol. The molecule has 0 spiro atoms. The molecular weight excluding hydrogens is 274 g/mol. The largest absolute Gasteiger partial charge is 0.357 e. The van der Waals surface area contributed by atoms with E-state index in [-0.39, 0.29) is 0 Å². The lowest BCUT2D eigenvalue weighted by atomic mass is 10.1. The molecule has 112 valence electrons. The van der Waals surface area contributed by atoms with E-state index < -0.39 is 0 Å². The van der Waals surface area contributed by atoms with E-state index in [1.165, 1.54) is 17.9 Å². The number of hydrogen-bond donors (Lipinski definition) is 1. The molecule has 0 saturated carbocycles. The Bertz CT molecular complexity index is 269. The van der Waals surface area contributed by atoms with E-state index in [2.05, 4.69) is 49.0 Å². The Labute approximate surface area is 127 Å². The van der Waals surface area contributed by atoms with Gasteiger partial charge in [-0.05, 0) is 31.3 Å². The maximum absolute atomic E-state index is 4.78. The van der Waals surface area contributed by atoms with Crippen LogP contribution in [0.3, 0.4) is 0 Å². The molecule has 1 atom stereocenters. The van der Waals surface area contributed by atoms with Crippen LogP contribution in [0, 0.1) is 5.92 Å². The molecule has 1 aliphatic heterocycles. The van der Waals surface area contributed by atoms with Gasteiger partial charge in [0.25, 0.3) is 0 Å². The molecule has 19 heavy (non-hydrogen) atoms. The Morgan fingerprint density at radius 2 is 2.32 bits per heavy atom. The fraction of sp³-hybridized carbons (Fsp3) is 0.929. The van der Waals surface area contributed by atoms with Gasteiger partial charge in [0.15, 0.2) is 5.96 Å². The second-order valence-electron chi connectivity index (χ2n) is 5.18. The molecule has 1 rings (SSSR count). The molecule has 0 aliphatic carbocycles. The van der Waals surface area contributed by atoms with Gasteiger partial charge >= 0.3 is 0 Å². The summed E-state index contributed by atoms with van der Waals surface area (Å²) < 4.78 is 0. The van der Waals surface area contributed by atoms with Crippen LogP contribution in [0.15, 0.2) is 4.99 Å². The zero-order chi connectivity index (χ0) is 14.1. The smallest absolute Gasteiger partial charge is 0.193 e. The zero-order valence-electron chi connectivity index (χ0n) is 12.8. The lowest BCUT2D eigenvalue weighted by Crippen LogP contribution is -2.49. The molecule has 0 aromatic rings. The van der Waals surface area contributed by atoms with Gasteiger partial charge < -0.3 is 10.2 Å². The van der Waals surface area contributed by atoms with Crippen LogP contribution in [0.1, 0.15) is 27.2 Å². The zero-order valence-corrected chi connectivity index (χ0v) is 14.4. The van der Waals surface area contributed by atoms with Crippen molar-refractivity contribution in [1.29, 1.82) is 0 Å². The predicted molar refractivity (Wildman–Crippen MR) is 91.6 cm³/mol. The molecule has 0 radical (unpaired) electrons. The monoisotopic (exact) mass is 303 g/mol. The molecule has 1 saturated heterocycles. The highest BCUT2D eigenvalue weighted by atomic mass is 32.2. The summed E-state index contributed by atoms with van der Waals surface area (Å²) >= 11 is 4.01. The lowest BCUT2D eigenvalue weighted by molar-refractivity contribution is 0.381. The van der Waals surface area contributed by atoms with Gasteiger partial charge in [-0.25, -0.2) is 0 Å². The van der Waals surface area contributed by atoms with Crippen LogP contribution >= 0.6 is 23.5 Å². The summed E-state index contributed by atoms with van der Waals surface area (Å²) in [6, 6.07) is 0. The van der Waals surface area contributed by atoms with Crippen LogP contribution in [-0.4, -0.2) is 60.0 Å². The Kier molecular flexibility index (Phi) is 8.79. The van der Waals surface area contributed by atoms with E-state index in [9.17, 15) is 0 Å². The van der Waals surface area contributed by atoms with Crippen LogP contribution in [0.2, 0.25) is 0 Å². The van der Waals surface area contributed by atoms with E-state index in [4.69, 9.17) is 4.99 Å². The van der Waals surface area contributed by atoms with E-state index in [1.807, 2.05) is 11.8 Å². The molecule has 0 bridgehead atoms. The highest BCUT2D eigenvalue weighted by Gasteiger charge is 2.24. The standard InChI is InChI=1S/C14H29N3S2/c1-5-15-14(16-7-6-9-18-4)17-8-10-19-13(11-17)12(2)3/h12-13H,5-11H2,1-4H3,(H,15,16). The topological polar surface area (TPSA) is 27.6 Å². The number of nitrogens with one attached hydrogen (secondary N) is 1. The predicted octanol–water partition coefficient (Wildman–Crippen LogP) is 2.78. The SMILES string of the molecule is CCNC(=NCCCSC)N1CCSC(C(C)C)C1. The van der Waals surface area contributed by atoms with Crippen molar-refractivity contribution >= 4 is 29.5 Å². The number of hydrogen-bond acceptors (Lipinski definition) is 3. The van der Waals surface area contributed by atoms with Gasteiger partial charge in [-0.1, -0.05) is 13.8 Å². The van der Waals surface area contributed by atoms with Crippen LogP contribution in [0.5, 0.6) is 0 Å². The third-order valence-electron chi connectivity index (χ3n) is 3.24. The molecule has 1 aliphatic rings. The minimum absolute atomic E-state index is 0.740. The number of aliphatic imine (C=N–C) groups is 1. The average Bonchev–Trinajstić information content (AvgIpc) is 2.42. The third-order valence-corrected chi connectivity index (χ3v) is 5.48. The summed E-state index contributed by atoms with van der Waals surface area (Å²) in [5.41, 5.74) is 0. The Balaban J connectivity index is 2.53. The fourth-order valence-corrected chi connectivity index (χ4v) is 3.81. The van der Waals surface area contributed by atoms with Crippen molar-refractivity contribution < 1.29 is 0 Å². The summed E-state index contributed by atoms with van der Waals surface area (Å²) in [6.45, 7) is 11.0. The highest BCUT2D eigenvalue weighted by molar-refractivity contribution is 8.00. The van der Waals surface area contributed by atoms with Crippen molar-refractivity contribution in [2.75, 3.05) is 43.9 Å². The maximum atomic E-state index is 4.78. The van der Waals surface area contributed by atoms with Crippen molar-refractivity contribution in [2.24, 2.45) is 10.9 Å². The minimum atomic E-state index is 0.740. The van der Waals surface area contributed by atoms with Gasteiger partial charge in [-0.3, -0.25) is 4.99 Å². The van der Waals surface area contributed by atoms with Crippen LogP contribution in [0.4, 0.5) is 0 Å². The normalized spacial score (nSPS) is 21.0. The first kappa shape index (κ1) is 17.0. The Hall–Kier alpha value is -0.0300. The molecule has 1 unspecified atom stereocenters. The molecule has 1 fully saturated rings. The first-order valence-corrected chi connectivity index (χ1v) is 9.77. The van der Waals surface area contributed by atoms with E-state index in [0.29, 0.717) is 0 Å². The van der Waals surface area contributed by atoms with E-state index >= 15 is 0 Å². The van der Waals surface area contributed by atoms with Gasteiger partial charge in [0.1, 0.15) is 0 Å². The molecule has 0 amide bonds. The van der Waals surface area contributed by atoms with Gasteiger partial charge in [0.05, 0.1) is 0 Å². The number of nitrogens with zero attached hydrogens (tertiary/aromatic N) is 2. The number of thioether (sulfide) groups is 2. The second-order valence-corrected chi connectivity index (χ2v) is 7.51. The van der Waals surface area contributed by atoms with Crippen molar-refractivity contribution in [3.8, 4) is 0 Å². The van der Waals surface area contributed by atoms with E-state index in [1.54, 1.807) is 0 Å². The van der Waals surface area contributed by atoms with Gasteiger partial charge in [-0.15, -0.1) is 0 Å². The Morgan fingerprint density at radius 3 is 2.95 bits per heavy atom. The third kappa shape index (κ3) is 6.30. The summed E-state index contributed by atoms with van der Waals surface area (Å²) in [5, 5.41) is 4.19. The van der Waals surface area contributed by atoms with Crippen molar-refractivity contribution in [1.82, 2.24) is 10.2 Å². The molecule has 0 aromatic heterocycles. The molecule has 1 heterocycles. The fourth-order valence-electron chi connectivity index (χ4n) is 2.09. The highest BCUT2D eigenvalue weighted by Crippen LogP contribution is 2.24. The molecular formula is C14H29N3S2. The number of guanidine groups is 1. The Morgan fingerprint density at radius 1 is 1.53 bits per heavy atom. The molecule has 0 aromatic carbocycles. The summed E-state index contributed by atoms with van der Waals surface area (Å²) in [7, 11) is 0. The first-order valence-electron chi connectivity index (χ1n) is 7.32. The number of rotatable bonds is 6. The van der Waals surface area contributed by atoms with Gasteiger partial charge in [-0.2, -0.15) is 23.5 Å². The van der Waals surface area contributed by atoms with E-state index in [0.717, 1.165) is 43.3 Å². The van der Waals surface area contributed by atoms with Crippen molar-refractivity contribution in [3.63, 3.8) is 0 Å². The first-order chi connectivity index (χ1) is 9.19.